The highest BCUT2D eigenvalue weighted by Crippen LogP contribution is 2.33. The van der Waals surface area contributed by atoms with E-state index in [-0.39, 0.29) is 17.5 Å². The Hall–Kier alpha value is -2.15. The third-order valence-electron chi connectivity index (χ3n) is 3.25. The van der Waals surface area contributed by atoms with Gasteiger partial charge in [0.1, 0.15) is 16.5 Å². The number of hydrogen-bond donors (Lipinski definition) is 2. The summed E-state index contributed by atoms with van der Waals surface area (Å²) in [6, 6.07) is 4.51. The molecular formula is C13H13FN4OS. The molecule has 0 unspecified atom stereocenters. The Labute approximate surface area is 119 Å². The van der Waals surface area contributed by atoms with Crippen LogP contribution in [0.1, 0.15) is 15.2 Å². The first-order valence-electron chi connectivity index (χ1n) is 6.14. The summed E-state index contributed by atoms with van der Waals surface area (Å²) in [6.45, 7) is 0.532. The van der Waals surface area contributed by atoms with Gasteiger partial charge in [-0.3, -0.25) is 4.79 Å². The van der Waals surface area contributed by atoms with E-state index in [1.54, 1.807) is 18.0 Å². The molecule has 0 atom stereocenters. The summed E-state index contributed by atoms with van der Waals surface area (Å²) < 4.78 is 13.4. The maximum Gasteiger partial charge on any atom is 0.272 e. The van der Waals surface area contributed by atoms with E-state index in [0.29, 0.717) is 22.2 Å². The van der Waals surface area contributed by atoms with Crippen LogP contribution in [0.3, 0.4) is 0 Å². The van der Waals surface area contributed by atoms with Crippen LogP contribution in [0, 0.1) is 5.82 Å². The van der Waals surface area contributed by atoms with E-state index < -0.39 is 0 Å². The zero-order valence-corrected chi connectivity index (χ0v) is 11.6. The van der Waals surface area contributed by atoms with Gasteiger partial charge in [0.2, 0.25) is 0 Å². The fraction of sp³-hybridized carbons (Fsp3) is 0.231. The number of nitrogens with zero attached hydrogens (tertiary/aromatic N) is 2. The lowest BCUT2D eigenvalue weighted by atomic mass is 10.2. The Morgan fingerprint density at radius 1 is 1.55 bits per heavy atom. The van der Waals surface area contributed by atoms with Gasteiger partial charge < -0.3 is 16.0 Å². The number of amides is 1. The molecule has 0 saturated carbocycles. The molecule has 20 heavy (non-hydrogen) atoms. The van der Waals surface area contributed by atoms with Gasteiger partial charge in [-0.25, -0.2) is 9.37 Å². The standard InChI is InChI=1S/C13H13FN4OS/c1-16-13-17-11(15)10(20-13)12(19)18-5-4-7-2-3-8(14)6-9(7)18/h2-3,6H,4-5,15H2,1H3,(H,16,17). The molecule has 1 aliphatic heterocycles. The number of benzene rings is 1. The van der Waals surface area contributed by atoms with Crippen LogP contribution < -0.4 is 16.0 Å². The summed E-state index contributed by atoms with van der Waals surface area (Å²) in [5.74, 6) is -0.378. The number of aromatic nitrogens is 1. The molecule has 3 rings (SSSR count). The summed E-state index contributed by atoms with van der Waals surface area (Å²) in [5.41, 5.74) is 7.36. The fourth-order valence-corrected chi connectivity index (χ4v) is 3.07. The van der Waals surface area contributed by atoms with E-state index >= 15 is 0 Å². The van der Waals surface area contributed by atoms with Gasteiger partial charge >= 0.3 is 0 Å². The zero-order chi connectivity index (χ0) is 14.3. The summed E-state index contributed by atoms with van der Waals surface area (Å²) in [7, 11) is 1.72. The highest BCUT2D eigenvalue weighted by Gasteiger charge is 2.29. The van der Waals surface area contributed by atoms with Crippen LogP contribution in [-0.2, 0) is 6.42 Å². The Morgan fingerprint density at radius 3 is 3.05 bits per heavy atom. The number of nitrogen functional groups attached to an aromatic ring is 1. The monoisotopic (exact) mass is 292 g/mol. The highest BCUT2D eigenvalue weighted by molar-refractivity contribution is 7.18. The Balaban J connectivity index is 1.97. The van der Waals surface area contributed by atoms with Crippen LogP contribution in [0.15, 0.2) is 18.2 Å². The Bertz CT molecular complexity index is 685. The lowest BCUT2D eigenvalue weighted by Gasteiger charge is -2.16. The molecule has 0 aliphatic carbocycles. The molecule has 0 bridgehead atoms. The van der Waals surface area contributed by atoms with E-state index in [2.05, 4.69) is 10.3 Å². The molecule has 2 heterocycles. The van der Waals surface area contributed by atoms with Crippen LogP contribution in [0.5, 0.6) is 0 Å². The maximum atomic E-state index is 13.4. The van der Waals surface area contributed by atoms with Crippen molar-refractivity contribution in [3.8, 4) is 0 Å². The number of nitrogens with one attached hydrogen (secondary N) is 1. The van der Waals surface area contributed by atoms with Crippen LogP contribution in [0.4, 0.5) is 21.0 Å². The number of hydrogen-bond acceptors (Lipinski definition) is 5. The first-order valence-corrected chi connectivity index (χ1v) is 6.96. The van der Waals surface area contributed by atoms with E-state index in [1.807, 2.05) is 0 Å². The number of anilines is 3. The van der Waals surface area contributed by atoms with E-state index in [1.165, 1.54) is 23.5 Å². The van der Waals surface area contributed by atoms with Crippen molar-refractivity contribution in [1.82, 2.24) is 4.98 Å². The predicted octanol–water partition coefficient (Wildman–Crippen LogP) is 2.11. The van der Waals surface area contributed by atoms with E-state index in [4.69, 9.17) is 5.73 Å². The molecule has 0 radical (unpaired) electrons. The Morgan fingerprint density at radius 2 is 2.35 bits per heavy atom. The summed E-state index contributed by atoms with van der Waals surface area (Å²) >= 11 is 1.20. The van der Waals surface area contributed by atoms with Crippen LogP contribution in [0.2, 0.25) is 0 Å². The number of nitrogens with two attached hydrogens (primary N) is 1. The van der Waals surface area contributed by atoms with Gasteiger partial charge in [-0.05, 0) is 24.1 Å². The van der Waals surface area contributed by atoms with E-state index in [9.17, 15) is 9.18 Å². The minimum Gasteiger partial charge on any atom is -0.382 e. The number of fused-ring (bicyclic) bond motifs is 1. The Kier molecular flexibility index (Phi) is 3.06. The quantitative estimate of drug-likeness (QED) is 0.889. The maximum absolute atomic E-state index is 13.4. The fourth-order valence-electron chi connectivity index (χ4n) is 2.28. The molecule has 1 aliphatic rings. The third-order valence-corrected chi connectivity index (χ3v) is 4.33. The number of halogens is 1. The van der Waals surface area contributed by atoms with Gasteiger partial charge in [0.05, 0.1) is 5.69 Å². The second-order valence-corrected chi connectivity index (χ2v) is 5.46. The lowest BCUT2D eigenvalue weighted by molar-refractivity contribution is 0.0994. The SMILES string of the molecule is CNc1nc(N)c(C(=O)N2CCc3ccc(F)cc32)s1. The number of rotatable bonds is 2. The number of carbonyl (C=O) groups is 1. The van der Waals surface area contributed by atoms with Crippen molar-refractivity contribution in [3.05, 3.63) is 34.5 Å². The molecule has 3 N–H and O–H groups in total. The highest BCUT2D eigenvalue weighted by atomic mass is 32.1. The molecule has 7 heteroatoms. The van der Waals surface area contributed by atoms with Crippen molar-refractivity contribution >= 4 is 33.9 Å². The average molecular weight is 292 g/mol. The summed E-state index contributed by atoms with van der Waals surface area (Å²) in [4.78, 5) is 18.5. The van der Waals surface area contributed by atoms with Gasteiger partial charge in [-0.1, -0.05) is 17.4 Å². The van der Waals surface area contributed by atoms with Crippen molar-refractivity contribution in [2.45, 2.75) is 6.42 Å². The summed E-state index contributed by atoms with van der Waals surface area (Å²) in [6.07, 6.45) is 0.721. The smallest absolute Gasteiger partial charge is 0.272 e. The summed E-state index contributed by atoms with van der Waals surface area (Å²) in [5, 5.41) is 3.45. The normalized spacial score (nSPS) is 13.4. The molecule has 0 saturated heterocycles. The molecule has 1 amide bonds. The van der Waals surface area contributed by atoms with Crippen LogP contribution in [-0.4, -0.2) is 24.5 Å². The minimum absolute atomic E-state index is 0.203. The molecule has 2 aromatic rings. The van der Waals surface area contributed by atoms with Crippen molar-refractivity contribution < 1.29 is 9.18 Å². The zero-order valence-electron chi connectivity index (χ0n) is 10.8. The topological polar surface area (TPSA) is 71.2 Å². The molecule has 1 aromatic carbocycles. The molecule has 5 nitrogen and oxygen atoms in total. The lowest BCUT2D eigenvalue weighted by Crippen LogP contribution is -2.28. The van der Waals surface area contributed by atoms with Gasteiger partial charge in [-0.15, -0.1) is 0 Å². The van der Waals surface area contributed by atoms with Crippen molar-refractivity contribution in [1.29, 1.82) is 0 Å². The molecule has 0 fully saturated rings. The van der Waals surface area contributed by atoms with Crippen molar-refractivity contribution in [3.63, 3.8) is 0 Å². The van der Waals surface area contributed by atoms with E-state index in [0.717, 1.165) is 12.0 Å². The number of carbonyl (C=O) groups excluding carboxylic acids is 1. The molecule has 1 aromatic heterocycles. The van der Waals surface area contributed by atoms with Crippen molar-refractivity contribution in [2.75, 3.05) is 29.5 Å². The largest absolute Gasteiger partial charge is 0.382 e. The third kappa shape index (κ3) is 2.00. The molecule has 0 spiro atoms. The van der Waals surface area contributed by atoms with Gasteiger partial charge in [0.25, 0.3) is 5.91 Å². The van der Waals surface area contributed by atoms with Gasteiger partial charge in [0.15, 0.2) is 5.13 Å². The van der Waals surface area contributed by atoms with Crippen molar-refractivity contribution in [2.24, 2.45) is 0 Å². The van der Waals surface area contributed by atoms with Gasteiger partial charge in [0, 0.05) is 13.6 Å². The van der Waals surface area contributed by atoms with Crippen LogP contribution >= 0.6 is 11.3 Å². The predicted molar refractivity (Wildman–Crippen MR) is 77.9 cm³/mol. The molecular weight excluding hydrogens is 279 g/mol. The van der Waals surface area contributed by atoms with Gasteiger partial charge in [-0.2, -0.15) is 0 Å². The number of thiazole rings is 1. The minimum atomic E-state index is -0.350. The second-order valence-electron chi connectivity index (χ2n) is 4.46. The first-order chi connectivity index (χ1) is 9.60. The first kappa shape index (κ1) is 12.9. The average Bonchev–Trinajstić information content (AvgIpc) is 3.01. The molecule has 104 valence electrons. The second kappa shape index (κ2) is 4.75. The van der Waals surface area contributed by atoms with Crippen LogP contribution in [0.25, 0.3) is 0 Å².